The lowest BCUT2D eigenvalue weighted by atomic mass is 10.1. The molecule has 0 radical (unpaired) electrons. The smallest absolute Gasteiger partial charge is 0.251 e. The highest BCUT2D eigenvalue weighted by Crippen LogP contribution is 2.16. The number of aromatic nitrogens is 1. The SMILES string of the molecule is Cc1cc(=O)n(CC(=O)Nc2ccccc2F)c2ccccc12. The summed E-state index contributed by atoms with van der Waals surface area (Å²) in [5.74, 6) is -0.965. The second-order valence-electron chi connectivity index (χ2n) is 5.30. The van der Waals surface area contributed by atoms with E-state index in [-0.39, 0.29) is 17.8 Å². The van der Waals surface area contributed by atoms with Crippen molar-refractivity contribution in [3.8, 4) is 0 Å². The normalized spacial score (nSPS) is 10.7. The molecule has 23 heavy (non-hydrogen) atoms. The van der Waals surface area contributed by atoms with Crippen molar-refractivity contribution < 1.29 is 9.18 Å². The minimum atomic E-state index is -0.512. The van der Waals surface area contributed by atoms with Gasteiger partial charge in [-0.2, -0.15) is 0 Å². The molecule has 0 atom stereocenters. The van der Waals surface area contributed by atoms with E-state index in [0.29, 0.717) is 5.52 Å². The van der Waals surface area contributed by atoms with Gasteiger partial charge >= 0.3 is 0 Å². The van der Waals surface area contributed by atoms with Crippen molar-refractivity contribution in [3.05, 3.63) is 76.3 Å². The van der Waals surface area contributed by atoms with Crippen molar-refractivity contribution in [1.29, 1.82) is 0 Å². The monoisotopic (exact) mass is 310 g/mol. The topological polar surface area (TPSA) is 51.1 Å². The van der Waals surface area contributed by atoms with Gasteiger partial charge < -0.3 is 5.32 Å². The molecule has 116 valence electrons. The first kappa shape index (κ1) is 15.0. The van der Waals surface area contributed by atoms with E-state index in [9.17, 15) is 14.0 Å². The highest BCUT2D eigenvalue weighted by molar-refractivity contribution is 5.92. The van der Waals surface area contributed by atoms with Gasteiger partial charge in [0, 0.05) is 11.5 Å². The van der Waals surface area contributed by atoms with Crippen LogP contribution in [0.25, 0.3) is 10.9 Å². The van der Waals surface area contributed by atoms with Crippen LogP contribution >= 0.6 is 0 Å². The molecule has 0 saturated carbocycles. The molecule has 0 aliphatic rings. The third-order valence-electron chi connectivity index (χ3n) is 3.68. The average molecular weight is 310 g/mol. The molecule has 0 bridgehead atoms. The van der Waals surface area contributed by atoms with Crippen LogP contribution < -0.4 is 10.9 Å². The van der Waals surface area contributed by atoms with E-state index in [1.54, 1.807) is 18.2 Å². The largest absolute Gasteiger partial charge is 0.322 e. The first-order valence-corrected chi connectivity index (χ1v) is 7.20. The van der Waals surface area contributed by atoms with Crippen LogP contribution in [0, 0.1) is 12.7 Å². The molecular weight excluding hydrogens is 295 g/mol. The lowest BCUT2D eigenvalue weighted by molar-refractivity contribution is -0.116. The van der Waals surface area contributed by atoms with E-state index in [4.69, 9.17) is 0 Å². The molecule has 0 unspecified atom stereocenters. The number of fused-ring (bicyclic) bond motifs is 1. The fourth-order valence-electron chi connectivity index (χ4n) is 2.56. The zero-order chi connectivity index (χ0) is 16.4. The Morgan fingerprint density at radius 3 is 2.61 bits per heavy atom. The van der Waals surface area contributed by atoms with Gasteiger partial charge in [-0.3, -0.25) is 14.2 Å². The molecule has 0 aliphatic heterocycles. The van der Waals surface area contributed by atoms with Crippen molar-refractivity contribution in [2.24, 2.45) is 0 Å². The summed E-state index contributed by atoms with van der Waals surface area (Å²) in [6, 6.07) is 14.8. The third-order valence-corrected chi connectivity index (χ3v) is 3.68. The summed E-state index contributed by atoms with van der Waals surface area (Å²) in [6.07, 6.45) is 0. The Kier molecular flexibility index (Phi) is 3.93. The number of para-hydroxylation sites is 2. The first-order valence-electron chi connectivity index (χ1n) is 7.20. The van der Waals surface area contributed by atoms with Gasteiger partial charge in [-0.25, -0.2) is 4.39 Å². The van der Waals surface area contributed by atoms with E-state index in [0.717, 1.165) is 10.9 Å². The fraction of sp³-hybridized carbons (Fsp3) is 0.111. The van der Waals surface area contributed by atoms with Gasteiger partial charge in [0.05, 0.1) is 11.2 Å². The number of anilines is 1. The van der Waals surface area contributed by atoms with Gasteiger partial charge in [-0.1, -0.05) is 30.3 Å². The van der Waals surface area contributed by atoms with Gasteiger partial charge in [-0.05, 0) is 30.7 Å². The number of nitrogens with zero attached hydrogens (tertiary/aromatic N) is 1. The minimum Gasteiger partial charge on any atom is -0.322 e. The molecule has 1 heterocycles. The Morgan fingerprint density at radius 2 is 1.83 bits per heavy atom. The lowest BCUT2D eigenvalue weighted by Gasteiger charge is -2.12. The van der Waals surface area contributed by atoms with Gasteiger partial charge in [0.15, 0.2) is 0 Å². The molecule has 1 aromatic heterocycles. The van der Waals surface area contributed by atoms with Crippen LogP contribution in [0.15, 0.2) is 59.4 Å². The summed E-state index contributed by atoms with van der Waals surface area (Å²) >= 11 is 0. The van der Waals surface area contributed by atoms with Crippen LogP contribution in [0.3, 0.4) is 0 Å². The van der Waals surface area contributed by atoms with E-state index < -0.39 is 11.7 Å². The van der Waals surface area contributed by atoms with Crippen LogP contribution in [-0.4, -0.2) is 10.5 Å². The molecule has 1 N–H and O–H groups in total. The molecule has 2 aromatic carbocycles. The lowest BCUT2D eigenvalue weighted by Crippen LogP contribution is -2.28. The van der Waals surface area contributed by atoms with Gasteiger partial charge in [0.25, 0.3) is 5.56 Å². The summed E-state index contributed by atoms with van der Waals surface area (Å²) in [5.41, 5.74) is 1.38. The summed E-state index contributed by atoms with van der Waals surface area (Å²) in [6.45, 7) is 1.68. The summed E-state index contributed by atoms with van der Waals surface area (Å²) in [5, 5.41) is 3.40. The van der Waals surface area contributed by atoms with E-state index >= 15 is 0 Å². The summed E-state index contributed by atoms with van der Waals surface area (Å²) < 4.78 is 15.0. The second-order valence-corrected chi connectivity index (χ2v) is 5.30. The molecule has 4 nitrogen and oxygen atoms in total. The van der Waals surface area contributed by atoms with Crippen molar-refractivity contribution in [2.45, 2.75) is 13.5 Å². The Morgan fingerprint density at radius 1 is 1.13 bits per heavy atom. The third kappa shape index (κ3) is 2.99. The summed E-state index contributed by atoms with van der Waals surface area (Å²) in [4.78, 5) is 24.4. The van der Waals surface area contributed by atoms with Crippen molar-refractivity contribution in [3.63, 3.8) is 0 Å². The Hall–Kier alpha value is -2.95. The minimum absolute atomic E-state index is 0.0990. The number of rotatable bonds is 3. The summed E-state index contributed by atoms with van der Waals surface area (Å²) in [7, 11) is 0. The highest BCUT2D eigenvalue weighted by Gasteiger charge is 2.11. The van der Waals surface area contributed by atoms with Crippen LogP contribution in [0.1, 0.15) is 5.56 Å². The molecule has 0 aliphatic carbocycles. The molecular formula is C18H15FN2O2. The van der Waals surface area contributed by atoms with Crippen LogP contribution in [0.2, 0.25) is 0 Å². The van der Waals surface area contributed by atoms with Crippen molar-refractivity contribution in [2.75, 3.05) is 5.32 Å². The number of halogens is 1. The highest BCUT2D eigenvalue weighted by atomic mass is 19.1. The van der Waals surface area contributed by atoms with Gasteiger partial charge in [0.1, 0.15) is 12.4 Å². The standard InChI is InChI=1S/C18H15FN2O2/c1-12-10-18(23)21(16-9-5-2-6-13(12)16)11-17(22)20-15-8-4-3-7-14(15)19/h2-10H,11H2,1H3,(H,20,22). The van der Waals surface area contributed by atoms with Crippen molar-refractivity contribution >= 4 is 22.5 Å². The first-order chi connectivity index (χ1) is 11.1. The number of aryl methyl sites for hydroxylation is 1. The number of carbonyl (C=O) groups is 1. The van der Waals surface area contributed by atoms with Crippen LogP contribution in [0.4, 0.5) is 10.1 Å². The maximum absolute atomic E-state index is 13.6. The van der Waals surface area contributed by atoms with E-state index in [1.165, 1.54) is 22.8 Å². The molecule has 5 heteroatoms. The van der Waals surface area contributed by atoms with Crippen molar-refractivity contribution in [1.82, 2.24) is 4.57 Å². The molecule has 0 fully saturated rings. The number of hydrogen-bond donors (Lipinski definition) is 1. The number of benzene rings is 2. The zero-order valence-electron chi connectivity index (χ0n) is 12.5. The Balaban J connectivity index is 1.94. The van der Waals surface area contributed by atoms with Gasteiger partial charge in [-0.15, -0.1) is 0 Å². The predicted octanol–water partition coefficient (Wildman–Crippen LogP) is 3.09. The molecule has 0 spiro atoms. The molecule has 0 saturated heterocycles. The van der Waals surface area contributed by atoms with E-state index in [2.05, 4.69) is 5.32 Å². The molecule has 1 amide bonds. The Bertz CT molecular complexity index is 947. The predicted molar refractivity (Wildman–Crippen MR) is 88.0 cm³/mol. The average Bonchev–Trinajstić information content (AvgIpc) is 2.54. The number of carbonyl (C=O) groups excluding carboxylic acids is 1. The number of pyridine rings is 1. The van der Waals surface area contributed by atoms with E-state index in [1.807, 2.05) is 25.1 Å². The zero-order valence-corrected chi connectivity index (χ0v) is 12.5. The number of nitrogens with one attached hydrogen (secondary N) is 1. The quantitative estimate of drug-likeness (QED) is 0.808. The molecule has 3 rings (SSSR count). The number of amides is 1. The number of hydrogen-bond acceptors (Lipinski definition) is 2. The maximum Gasteiger partial charge on any atom is 0.251 e. The fourth-order valence-corrected chi connectivity index (χ4v) is 2.56. The van der Waals surface area contributed by atoms with Crippen LogP contribution in [0.5, 0.6) is 0 Å². The molecule has 3 aromatic rings. The van der Waals surface area contributed by atoms with Crippen LogP contribution in [-0.2, 0) is 11.3 Å². The van der Waals surface area contributed by atoms with Gasteiger partial charge in [0.2, 0.25) is 5.91 Å². The maximum atomic E-state index is 13.6. The Labute approximate surface area is 132 Å². The second kappa shape index (κ2) is 6.04.